The normalized spacial score (nSPS) is 16.9. The standard InChI is InChI=1S/C12H14ClNOS/c1-7(8-2-3-8)14-12(15)10-6-9(16)4-5-11(10)13/h4-8,16H,2-3H2,1H3,(H,14,15). The average Bonchev–Trinajstić information content (AvgIpc) is 3.04. The molecule has 16 heavy (non-hydrogen) atoms. The predicted molar refractivity (Wildman–Crippen MR) is 68.4 cm³/mol. The lowest BCUT2D eigenvalue weighted by Crippen LogP contribution is -2.34. The second-order valence-electron chi connectivity index (χ2n) is 4.26. The zero-order valence-corrected chi connectivity index (χ0v) is 10.7. The van der Waals surface area contributed by atoms with Crippen LogP contribution in [0.3, 0.4) is 0 Å². The number of nitrogens with one attached hydrogen (secondary N) is 1. The summed E-state index contributed by atoms with van der Waals surface area (Å²) in [6, 6.07) is 5.39. The van der Waals surface area contributed by atoms with E-state index in [1.54, 1.807) is 18.2 Å². The monoisotopic (exact) mass is 255 g/mol. The van der Waals surface area contributed by atoms with E-state index < -0.39 is 0 Å². The van der Waals surface area contributed by atoms with Gasteiger partial charge in [-0.25, -0.2) is 0 Å². The van der Waals surface area contributed by atoms with Crippen molar-refractivity contribution < 1.29 is 4.79 Å². The van der Waals surface area contributed by atoms with E-state index in [-0.39, 0.29) is 11.9 Å². The molecule has 0 aliphatic heterocycles. The van der Waals surface area contributed by atoms with Crippen LogP contribution in [0.15, 0.2) is 23.1 Å². The maximum atomic E-state index is 11.9. The van der Waals surface area contributed by atoms with Crippen molar-refractivity contribution in [3.8, 4) is 0 Å². The zero-order valence-electron chi connectivity index (χ0n) is 9.03. The maximum absolute atomic E-state index is 11.9. The lowest BCUT2D eigenvalue weighted by molar-refractivity contribution is 0.0936. The fraction of sp³-hybridized carbons (Fsp3) is 0.417. The summed E-state index contributed by atoms with van der Waals surface area (Å²) in [5.41, 5.74) is 0.502. The lowest BCUT2D eigenvalue weighted by atomic mass is 10.1. The molecule has 1 amide bonds. The van der Waals surface area contributed by atoms with E-state index in [1.807, 2.05) is 6.92 Å². The summed E-state index contributed by atoms with van der Waals surface area (Å²) in [6.45, 7) is 2.04. The van der Waals surface area contributed by atoms with Crippen LogP contribution in [0.5, 0.6) is 0 Å². The summed E-state index contributed by atoms with van der Waals surface area (Å²) >= 11 is 10.2. The smallest absolute Gasteiger partial charge is 0.253 e. The highest BCUT2D eigenvalue weighted by Gasteiger charge is 2.29. The quantitative estimate of drug-likeness (QED) is 0.799. The zero-order chi connectivity index (χ0) is 11.7. The van der Waals surface area contributed by atoms with Crippen molar-refractivity contribution in [1.82, 2.24) is 5.32 Å². The number of hydrogen-bond acceptors (Lipinski definition) is 2. The number of rotatable bonds is 3. The van der Waals surface area contributed by atoms with Gasteiger partial charge in [0, 0.05) is 10.9 Å². The van der Waals surface area contributed by atoms with E-state index in [0.717, 1.165) is 4.90 Å². The molecule has 2 nitrogen and oxygen atoms in total. The largest absolute Gasteiger partial charge is 0.349 e. The highest BCUT2D eigenvalue weighted by Crippen LogP contribution is 2.32. The molecule has 1 aromatic rings. The van der Waals surface area contributed by atoms with Crippen molar-refractivity contribution in [2.24, 2.45) is 5.92 Å². The average molecular weight is 256 g/mol. The molecule has 1 unspecified atom stereocenters. The third kappa shape index (κ3) is 2.71. The summed E-state index contributed by atoms with van der Waals surface area (Å²) in [4.78, 5) is 12.7. The van der Waals surface area contributed by atoms with Gasteiger partial charge >= 0.3 is 0 Å². The van der Waals surface area contributed by atoms with Crippen molar-refractivity contribution in [3.63, 3.8) is 0 Å². The minimum absolute atomic E-state index is 0.111. The molecule has 0 radical (unpaired) electrons. The van der Waals surface area contributed by atoms with Gasteiger partial charge in [-0.3, -0.25) is 4.79 Å². The Morgan fingerprint density at radius 2 is 2.25 bits per heavy atom. The molecule has 2 rings (SSSR count). The van der Waals surface area contributed by atoms with Gasteiger partial charge in [-0.2, -0.15) is 0 Å². The van der Waals surface area contributed by atoms with Crippen molar-refractivity contribution in [3.05, 3.63) is 28.8 Å². The van der Waals surface area contributed by atoms with Gasteiger partial charge in [0.1, 0.15) is 0 Å². The van der Waals surface area contributed by atoms with Crippen LogP contribution in [0, 0.1) is 5.92 Å². The van der Waals surface area contributed by atoms with Crippen LogP contribution in [-0.4, -0.2) is 11.9 Å². The predicted octanol–water partition coefficient (Wildman–Crippen LogP) is 3.16. The Balaban J connectivity index is 2.10. The Kier molecular flexibility index (Phi) is 3.45. The molecule has 0 aromatic heterocycles. The molecule has 1 N–H and O–H groups in total. The Bertz CT molecular complexity index is 417. The van der Waals surface area contributed by atoms with Gasteiger partial charge in [-0.05, 0) is 43.9 Å². The minimum atomic E-state index is -0.111. The van der Waals surface area contributed by atoms with Gasteiger partial charge in [0.05, 0.1) is 10.6 Å². The number of benzene rings is 1. The summed E-state index contributed by atoms with van der Waals surface area (Å²) in [5, 5.41) is 3.44. The Morgan fingerprint density at radius 3 is 2.88 bits per heavy atom. The van der Waals surface area contributed by atoms with Crippen molar-refractivity contribution in [2.45, 2.75) is 30.7 Å². The van der Waals surface area contributed by atoms with Gasteiger partial charge in [-0.1, -0.05) is 11.6 Å². The molecule has 86 valence electrons. The second-order valence-corrected chi connectivity index (χ2v) is 5.19. The molecule has 0 saturated heterocycles. The Hall–Kier alpha value is -0.670. The van der Waals surface area contributed by atoms with Crippen LogP contribution in [0.1, 0.15) is 30.1 Å². The molecule has 0 heterocycles. The molecular weight excluding hydrogens is 242 g/mol. The fourth-order valence-corrected chi connectivity index (χ4v) is 2.09. The molecule has 0 spiro atoms. The van der Waals surface area contributed by atoms with Gasteiger partial charge < -0.3 is 5.32 Å². The van der Waals surface area contributed by atoms with Crippen LogP contribution in [0.4, 0.5) is 0 Å². The fourth-order valence-electron chi connectivity index (χ4n) is 1.69. The first-order chi connectivity index (χ1) is 7.58. The Morgan fingerprint density at radius 1 is 1.56 bits per heavy atom. The number of halogens is 1. The maximum Gasteiger partial charge on any atom is 0.253 e. The number of hydrogen-bond donors (Lipinski definition) is 2. The van der Waals surface area contributed by atoms with E-state index in [1.165, 1.54) is 12.8 Å². The first kappa shape index (κ1) is 11.8. The molecule has 1 atom stereocenters. The van der Waals surface area contributed by atoms with Crippen molar-refractivity contribution >= 4 is 30.1 Å². The van der Waals surface area contributed by atoms with E-state index in [4.69, 9.17) is 11.6 Å². The molecule has 1 fully saturated rings. The van der Waals surface area contributed by atoms with Gasteiger partial charge in [0.15, 0.2) is 0 Å². The third-order valence-electron chi connectivity index (χ3n) is 2.88. The van der Waals surface area contributed by atoms with E-state index in [9.17, 15) is 4.79 Å². The van der Waals surface area contributed by atoms with Gasteiger partial charge in [-0.15, -0.1) is 12.6 Å². The molecule has 1 aliphatic carbocycles. The number of amides is 1. The SMILES string of the molecule is CC(NC(=O)c1cc(S)ccc1Cl)C1CC1. The molecule has 1 saturated carbocycles. The summed E-state index contributed by atoms with van der Waals surface area (Å²) in [7, 11) is 0. The molecule has 0 bridgehead atoms. The number of carbonyl (C=O) groups excluding carboxylic acids is 1. The topological polar surface area (TPSA) is 29.1 Å². The molecule has 1 aliphatic rings. The second kappa shape index (κ2) is 4.68. The lowest BCUT2D eigenvalue weighted by Gasteiger charge is -2.13. The number of carbonyl (C=O) groups is 1. The number of thiol groups is 1. The van der Waals surface area contributed by atoms with Gasteiger partial charge in [0.25, 0.3) is 5.91 Å². The minimum Gasteiger partial charge on any atom is -0.349 e. The van der Waals surface area contributed by atoms with E-state index >= 15 is 0 Å². The van der Waals surface area contributed by atoms with E-state index in [0.29, 0.717) is 16.5 Å². The summed E-state index contributed by atoms with van der Waals surface area (Å²) in [5.74, 6) is 0.530. The molecule has 4 heteroatoms. The summed E-state index contributed by atoms with van der Waals surface area (Å²) < 4.78 is 0. The summed E-state index contributed by atoms with van der Waals surface area (Å²) in [6.07, 6.45) is 2.42. The molecular formula is C12H14ClNOS. The van der Waals surface area contributed by atoms with Crippen LogP contribution < -0.4 is 5.32 Å². The van der Waals surface area contributed by atoms with Crippen molar-refractivity contribution in [1.29, 1.82) is 0 Å². The first-order valence-electron chi connectivity index (χ1n) is 5.37. The van der Waals surface area contributed by atoms with Crippen LogP contribution in [0.2, 0.25) is 5.02 Å². The van der Waals surface area contributed by atoms with Gasteiger partial charge in [0.2, 0.25) is 0 Å². The van der Waals surface area contributed by atoms with E-state index in [2.05, 4.69) is 17.9 Å². The Labute approximate surface area is 106 Å². The third-order valence-corrected chi connectivity index (χ3v) is 3.49. The first-order valence-corrected chi connectivity index (χ1v) is 6.20. The van der Waals surface area contributed by atoms with Crippen molar-refractivity contribution in [2.75, 3.05) is 0 Å². The highest BCUT2D eigenvalue weighted by atomic mass is 35.5. The molecule has 1 aromatic carbocycles. The highest BCUT2D eigenvalue weighted by molar-refractivity contribution is 7.80. The van der Waals surface area contributed by atoms with Crippen LogP contribution in [0.25, 0.3) is 0 Å². The van der Waals surface area contributed by atoms with Crippen LogP contribution in [-0.2, 0) is 0 Å². The van der Waals surface area contributed by atoms with Crippen LogP contribution >= 0.6 is 24.2 Å².